The summed E-state index contributed by atoms with van der Waals surface area (Å²) in [5, 5.41) is 0. The fraction of sp³-hybridized carbons (Fsp3) is 0.684. The van der Waals surface area contributed by atoms with E-state index < -0.39 is 32.5 Å². The molecule has 0 rings (SSSR count). The number of unbranched alkanes of at least 4 members (excludes halogenated alkanes) is 12. The first-order valence-electron chi connectivity index (χ1n) is 18.1. The molecule has 0 aliphatic rings. The lowest BCUT2D eigenvalue weighted by Gasteiger charge is -2.18. The van der Waals surface area contributed by atoms with Gasteiger partial charge in [-0.1, -0.05) is 126 Å². The Morgan fingerprint density at radius 1 is 0.574 bits per heavy atom. The molecule has 0 spiro atoms. The number of phosphoric acid groups is 1. The van der Waals surface area contributed by atoms with Crippen LogP contribution in [0.3, 0.4) is 0 Å². The zero-order chi connectivity index (χ0) is 34.7. The molecule has 2 N–H and O–H groups in total. The molecule has 0 saturated heterocycles. The summed E-state index contributed by atoms with van der Waals surface area (Å²) in [5.74, 6) is -0.920. The van der Waals surface area contributed by atoms with E-state index in [1.165, 1.54) is 6.42 Å². The Balaban J connectivity index is 4.01. The molecule has 0 heterocycles. The topological polar surface area (TPSA) is 119 Å². The van der Waals surface area contributed by atoms with Crippen molar-refractivity contribution in [1.82, 2.24) is 0 Å². The van der Waals surface area contributed by atoms with E-state index in [1.807, 2.05) is 0 Å². The van der Waals surface area contributed by atoms with Gasteiger partial charge in [0.25, 0.3) is 0 Å². The first kappa shape index (κ1) is 44.8. The minimum absolute atomic E-state index is 0.191. The van der Waals surface area contributed by atoms with Gasteiger partial charge >= 0.3 is 19.8 Å². The molecule has 0 aromatic rings. The molecule has 0 aliphatic carbocycles. The molecule has 47 heavy (non-hydrogen) atoms. The van der Waals surface area contributed by atoms with Crippen molar-refractivity contribution in [3.05, 3.63) is 60.8 Å². The lowest BCUT2D eigenvalue weighted by Crippen LogP contribution is -2.29. The molecule has 270 valence electrons. The first-order valence-corrected chi connectivity index (χ1v) is 19.6. The molecule has 0 amide bonds. The van der Waals surface area contributed by atoms with E-state index in [9.17, 15) is 14.2 Å². The molecule has 0 bridgehead atoms. The van der Waals surface area contributed by atoms with Gasteiger partial charge in [-0.25, -0.2) is 4.57 Å². The molecule has 0 aromatic carbocycles. The number of hydrogen-bond donors (Lipinski definition) is 2. The third-order valence-corrected chi connectivity index (χ3v) is 7.74. The quantitative estimate of drug-likeness (QED) is 0.0312. The van der Waals surface area contributed by atoms with Gasteiger partial charge in [0, 0.05) is 12.8 Å². The van der Waals surface area contributed by atoms with Gasteiger partial charge in [-0.05, 0) is 70.6 Å². The van der Waals surface area contributed by atoms with E-state index in [2.05, 4.69) is 79.1 Å². The van der Waals surface area contributed by atoms with Gasteiger partial charge in [-0.2, -0.15) is 0 Å². The minimum atomic E-state index is -4.75. The van der Waals surface area contributed by atoms with Gasteiger partial charge in [-0.15, -0.1) is 0 Å². The van der Waals surface area contributed by atoms with Crippen molar-refractivity contribution in [2.45, 2.75) is 155 Å². The van der Waals surface area contributed by atoms with E-state index in [1.54, 1.807) is 0 Å². The van der Waals surface area contributed by atoms with Crippen LogP contribution in [0.2, 0.25) is 0 Å². The van der Waals surface area contributed by atoms with Crippen LogP contribution in [0.1, 0.15) is 149 Å². The molecule has 0 aliphatic heterocycles. The third-order valence-electron chi connectivity index (χ3n) is 7.25. The van der Waals surface area contributed by atoms with Crippen LogP contribution >= 0.6 is 7.82 Å². The van der Waals surface area contributed by atoms with Gasteiger partial charge in [0.2, 0.25) is 0 Å². The lowest BCUT2D eigenvalue weighted by atomic mass is 10.1. The second-order valence-electron chi connectivity index (χ2n) is 11.8. The summed E-state index contributed by atoms with van der Waals surface area (Å²) in [4.78, 5) is 42.6. The predicted octanol–water partition coefficient (Wildman–Crippen LogP) is 10.6. The Kier molecular flexibility index (Phi) is 32.0. The van der Waals surface area contributed by atoms with Crippen LogP contribution in [0, 0.1) is 0 Å². The molecule has 0 aromatic heterocycles. The van der Waals surface area contributed by atoms with Crippen LogP contribution in [0.5, 0.6) is 0 Å². The number of hydrogen-bond acceptors (Lipinski definition) is 6. The van der Waals surface area contributed by atoms with E-state index in [0.717, 1.165) is 103 Å². The summed E-state index contributed by atoms with van der Waals surface area (Å²) in [6.45, 7) is 3.46. The van der Waals surface area contributed by atoms with Crippen LogP contribution in [0.15, 0.2) is 60.8 Å². The number of allylic oxidation sites excluding steroid dienone is 10. The molecule has 1 unspecified atom stereocenters. The van der Waals surface area contributed by atoms with Crippen LogP contribution in [0.4, 0.5) is 0 Å². The standard InChI is InChI=1S/C38H65O8P/c1-3-5-7-9-11-13-15-16-17-18-19-20-21-22-23-25-27-29-31-33-38(40)46-36(35-45-47(41,42)43)34-44-37(39)32-30-28-26-24-14-12-10-8-6-4-2/h5,7-8,10-11,13,16-17,19-20,36H,3-4,6,9,12,14-15,18,21-35H2,1-2H3,(H2,41,42,43)/b7-5-,10-8-,13-11-,17-16-,20-19-. The number of esters is 2. The van der Waals surface area contributed by atoms with Crippen LogP contribution < -0.4 is 0 Å². The van der Waals surface area contributed by atoms with E-state index in [4.69, 9.17) is 19.3 Å². The predicted molar refractivity (Wildman–Crippen MR) is 193 cm³/mol. The summed E-state index contributed by atoms with van der Waals surface area (Å²) in [6, 6.07) is 0. The van der Waals surface area contributed by atoms with Gasteiger partial charge in [0.05, 0.1) is 6.61 Å². The van der Waals surface area contributed by atoms with Gasteiger partial charge in [0.1, 0.15) is 6.61 Å². The fourth-order valence-electron chi connectivity index (χ4n) is 4.60. The normalized spacial score (nSPS) is 13.2. The maximum atomic E-state index is 12.3. The minimum Gasteiger partial charge on any atom is -0.462 e. The highest BCUT2D eigenvalue weighted by molar-refractivity contribution is 7.46. The summed E-state index contributed by atoms with van der Waals surface area (Å²) in [5.41, 5.74) is 0. The molecule has 0 fully saturated rings. The Hall–Kier alpha value is -2.25. The average Bonchev–Trinajstić information content (AvgIpc) is 3.04. The molecule has 0 radical (unpaired) electrons. The molecule has 1 atom stereocenters. The van der Waals surface area contributed by atoms with Crippen molar-refractivity contribution < 1.29 is 37.9 Å². The Morgan fingerprint density at radius 2 is 1.02 bits per heavy atom. The highest BCUT2D eigenvalue weighted by Crippen LogP contribution is 2.35. The summed E-state index contributed by atoms with van der Waals surface area (Å²) in [6.07, 6.45) is 40.9. The van der Waals surface area contributed by atoms with Gasteiger partial charge in [0.15, 0.2) is 6.10 Å². The SMILES string of the molecule is CC/C=C\C/C=C\C/C=C\C/C=C\CCCCCCCCC(=O)OC(COC(=O)CCCCCCC/C=C\CCC)COP(=O)(O)O. The molecule has 0 saturated carbocycles. The average molecular weight is 681 g/mol. The van der Waals surface area contributed by atoms with Crippen LogP contribution in [-0.2, 0) is 28.2 Å². The van der Waals surface area contributed by atoms with Crippen molar-refractivity contribution in [1.29, 1.82) is 0 Å². The highest BCUT2D eigenvalue weighted by Gasteiger charge is 2.22. The Morgan fingerprint density at radius 3 is 1.55 bits per heavy atom. The summed E-state index contributed by atoms with van der Waals surface area (Å²) < 4.78 is 26.2. The van der Waals surface area contributed by atoms with E-state index >= 15 is 0 Å². The number of ether oxygens (including phenoxy) is 2. The van der Waals surface area contributed by atoms with Crippen molar-refractivity contribution in [2.75, 3.05) is 13.2 Å². The van der Waals surface area contributed by atoms with Gasteiger partial charge in [-0.3, -0.25) is 14.1 Å². The number of carbonyl (C=O) groups excluding carboxylic acids is 2. The third kappa shape index (κ3) is 36.4. The van der Waals surface area contributed by atoms with Gasteiger partial charge < -0.3 is 19.3 Å². The van der Waals surface area contributed by atoms with Crippen molar-refractivity contribution >= 4 is 19.8 Å². The van der Waals surface area contributed by atoms with Crippen molar-refractivity contribution in [2.24, 2.45) is 0 Å². The number of carbonyl (C=O) groups is 2. The zero-order valence-corrected chi connectivity index (χ0v) is 30.3. The molecule has 9 heteroatoms. The largest absolute Gasteiger partial charge is 0.469 e. The maximum Gasteiger partial charge on any atom is 0.469 e. The molecular weight excluding hydrogens is 615 g/mol. The zero-order valence-electron chi connectivity index (χ0n) is 29.4. The Bertz CT molecular complexity index is 947. The second-order valence-corrected chi connectivity index (χ2v) is 13.0. The van der Waals surface area contributed by atoms with E-state index in [-0.39, 0.29) is 19.4 Å². The second kappa shape index (κ2) is 33.6. The fourth-order valence-corrected chi connectivity index (χ4v) is 4.96. The monoisotopic (exact) mass is 680 g/mol. The molecular formula is C38H65O8P. The van der Waals surface area contributed by atoms with E-state index in [0.29, 0.717) is 12.8 Å². The van der Waals surface area contributed by atoms with Crippen LogP contribution in [0.25, 0.3) is 0 Å². The Labute approximate surface area is 286 Å². The maximum absolute atomic E-state index is 12.3. The smallest absolute Gasteiger partial charge is 0.462 e. The van der Waals surface area contributed by atoms with Crippen LogP contribution in [-0.4, -0.2) is 41.0 Å². The number of phosphoric ester groups is 1. The van der Waals surface area contributed by atoms with Crippen molar-refractivity contribution in [3.63, 3.8) is 0 Å². The number of rotatable bonds is 32. The van der Waals surface area contributed by atoms with Crippen molar-refractivity contribution in [3.8, 4) is 0 Å². The summed E-state index contributed by atoms with van der Waals surface area (Å²) >= 11 is 0. The lowest BCUT2D eigenvalue weighted by molar-refractivity contribution is -0.161. The first-order chi connectivity index (χ1) is 22.8. The highest BCUT2D eigenvalue weighted by atomic mass is 31.2. The summed E-state index contributed by atoms with van der Waals surface area (Å²) in [7, 11) is -4.75. The molecule has 8 nitrogen and oxygen atoms in total.